The van der Waals surface area contributed by atoms with Crippen molar-refractivity contribution in [2.45, 2.75) is 297 Å². The SMILES string of the molecule is CCCCC/C=C\C/C=C\C/C=C\C/C=C\CCCC(=O)OC[C@H](COC(=O)CCCC/C=C\C/C=C\C/C=C\CCCCC)OC(=O)CCCCCCCCCCCCCCCCCCCCCCC. The molecule has 0 N–H and O–H groups in total. The molecule has 0 radical (unpaired) electrons. The van der Waals surface area contributed by atoms with Gasteiger partial charge in [0.2, 0.25) is 0 Å². The second-order valence-electron chi connectivity index (χ2n) is 19.9. The van der Waals surface area contributed by atoms with E-state index in [0.717, 1.165) is 77.0 Å². The first-order valence-electron chi connectivity index (χ1n) is 30.1. The highest BCUT2D eigenvalue weighted by atomic mass is 16.6. The molecular weight excluding hydrogens is 877 g/mol. The van der Waals surface area contributed by atoms with Crippen molar-refractivity contribution in [1.82, 2.24) is 0 Å². The third-order valence-electron chi connectivity index (χ3n) is 12.9. The quantitative estimate of drug-likeness (QED) is 0.0261. The summed E-state index contributed by atoms with van der Waals surface area (Å²) < 4.78 is 16.8. The van der Waals surface area contributed by atoms with E-state index < -0.39 is 6.10 Å². The summed E-state index contributed by atoms with van der Waals surface area (Å²) in [4.78, 5) is 38.2. The van der Waals surface area contributed by atoms with Gasteiger partial charge in [0, 0.05) is 19.3 Å². The van der Waals surface area contributed by atoms with Crippen LogP contribution in [-0.4, -0.2) is 37.2 Å². The van der Waals surface area contributed by atoms with Crippen LogP contribution in [-0.2, 0) is 28.6 Å². The summed E-state index contributed by atoms with van der Waals surface area (Å²) in [5.74, 6) is -0.993. The van der Waals surface area contributed by atoms with Crippen molar-refractivity contribution in [3.05, 3.63) is 85.1 Å². The average molecular weight is 990 g/mol. The van der Waals surface area contributed by atoms with E-state index in [9.17, 15) is 14.4 Å². The lowest BCUT2D eigenvalue weighted by molar-refractivity contribution is -0.167. The summed E-state index contributed by atoms with van der Waals surface area (Å²) >= 11 is 0. The summed E-state index contributed by atoms with van der Waals surface area (Å²) in [6.07, 6.45) is 77.3. The molecule has 0 aromatic rings. The van der Waals surface area contributed by atoms with Crippen LogP contribution in [0.2, 0.25) is 0 Å². The number of hydrogen-bond donors (Lipinski definition) is 0. The zero-order valence-corrected chi connectivity index (χ0v) is 46.7. The molecule has 6 heteroatoms. The average Bonchev–Trinajstić information content (AvgIpc) is 3.37. The summed E-state index contributed by atoms with van der Waals surface area (Å²) in [5.41, 5.74) is 0. The van der Waals surface area contributed by atoms with Gasteiger partial charge in [-0.1, -0.05) is 260 Å². The van der Waals surface area contributed by atoms with Crippen LogP contribution in [0.25, 0.3) is 0 Å². The van der Waals surface area contributed by atoms with Crippen LogP contribution in [0.15, 0.2) is 85.1 Å². The fourth-order valence-electron chi connectivity index (χ4n) is 8.33. The Labute approximate surface area is 439 Å². The molecule has 1 atom stereocenters. The third kappa shape index (κ3) is 57.4. The van der Waals surface area contributed by atoms with Crippen molar-refractivity contribution in [3.63, 3.8) is 0 Å². The molecule has 0 aliphatic carbocycles. The molecule has 0 aliphatic rings. The van der Waals surface area contributed by atoms with Crippen LogP contribution in [0.3, 0.4) is 0 Å². The Balaban J connectivity index is 4.46. The van der Waals surface area contributed by atoms with E-state index in [1.807, 2.05) is 0 Å². The molecule has 6 nitrogen and oxygen atoms in total. The highest BCUT2D eigenvalue weighted by Gasteiger charge is 2.19. The van der Waals surface area contributed by atoms with Gasteiger partial charge >= 0.3 is 17.9 Å². The van der Waals surface area contributed by atoms with E-state index in [2.05, 4.69) is 106 Å². The molecule has 0 aliphatic heterocycles. The smallest absolute Gasteiger partial charge is 0.306 e. The van der Waals surface area contributed by atoms with Gasteiger partial charge in [-0.15, -0.1) is 0 Å². The molecule has 0 bridgehead atoms. The highest BCUT2D eigenvalue weighted by molar-refractivity contribution is 5.71. The van der Waals surface area contributed by atoms with Crippen molar-refractivity contribution in [1.29, 1.82) is 0 Å². The Kier molecular flexibility index (Phi) is 56.3. The molecule has 0 aromatic heterocycles. The second-order valence-corrected chi connectivity index (χ2v) is 19.9. The van der Waals surface area contributed by atoms with Crippen LogP contribution in [0, 0.1) is 0 Å². The standard InChI is InChI=1S/C65H112O6/c1-4-7-10-13-16-19-22-25-28-30-31-32-33-35-38-41-44-47-50-53-56-59-65(68)71-62(60-69-63(66)57-54-51-48-45-42-39-36-27-24-21-18-15-12-9-6-3)61-70-64(67)58-55-52-49-46-43-40-37-34-29-26-23-20-17-14-11-8-5-2/h17-18,20-21,26-27,29,36-37,40,42,45-46,49,62H,4-16,19,22-25,28,30-35,38-39,41,43-44,47-48,50-61H2,1-3H3/b20-17-,21-18-,29-26-,36-27-,40-37-,45-42-,49-46-/t62-/m0/s1. The Bertz CT molecular complexity index is 1370. The van der Waals surface area contributed by atoms with Crippen LogP contribution in [0.5, 0.6) is 0 Å². The lowest BCUT2D eigenvalue weighted by Crippen LogP contribution is -2.30. The first-order valence-corrected chi connectivity index (χ1v) is 30.1. The predicted molar refractivity (Wildman–Crippen MR) is 307 cm³/mol. The van der Waals surface area contributed by atoms with Crippen LogP contribution in [0.1, 0.15) is 290 Å². The first kappa shape index (κ1) is 67.6. The number of hydrogen-bond acceptors (Lipinski definition) is 6. The fourth-order valence-corrected chi connectivity index (χ4v) is 8.33. The number of rotatable bonds is 54. The summed E-state index contributed by atoms with van der Waals surface area (Å²) in [5, 5.41) is 0. The number of ether oxygens (including phenoxy) is 3. The monoisotopic (exact) mass is 989 g/mol. The van der Waals surface area contributed by atoms with Gasteiger partial charge in [-0.25, -0.2) is 0 Å². The maximum absolute atomic E-state index is 12.9. The Morgan fingerprint density at radius 2 is 0.521 bits per heavy atom. The second kappa shape index (κ2) is 59.2. The van der Waals surface area contributed by atoms with Gasteiger partial charge in [0.15, 0.2) is 6.10 Å². The van der Waals surface area contributed by atoms with E-state index in [1.54, 1.807) is 0 Å². The number of unbranched alkanes of at least 4 members (excludes halogenated alkanes) is 29. The van der Waals surface area contributed by atoms with Gasteiger partial charge in [-0.2, -0.15) is 0 Å². The zero-order valence-electron chi connectivity index (χ0n) is 46.7. The number of carbonyl (C=O) groups is 3. The minimum Gasteiger partial charge on any atom is -0.462 e. The number of carbonyl (C=O) groups excluding carboxylic acids is 3. The van der Waals surface area contributed by atoms with Crippen molar-refractivity contribution in [3.8, 4) is 0 Å². The maximum Gasteiger partial charge on any atom is 0.306 e. The number of allylic oxidation sites excluding steroid dienone is 14. The largest absolute Gasteiger partial charge is 0.462 e. The molecule has 71 heavy (non-hydrogen) atoms. The van der Waals surface area contributed by atoms with Gasteiger partial charge in [0.25, 0.3) is 0 Å². The lowest BCUT2D eigenvalue weighted by atomic mass is 10.0. The molecule has 0 rings (SSSR count). The van der Waals surface area contributed by atoms with Crippen molar-refractivity contribution in [2.75, 3.05) is 13.2 Å². The zero-order chi connectivity index (χ0) is 51.4. The van der Waals surface area contributed by atoms with E-state index in [1.165, 1.54) is 167 Å². The molecular formula is C65H112O6. The predicted octanol–water partition coefficient (Wildman–Crippen LogP) is 20.3. The Morgan fingerprint density at radius 3 is 0.873 bits per heavy atom. The summed E-state index contributed by atoms with van der Waals surface area (Å²) in [6, 6.07) is 0. The molecule has 408 valence electrons. The summed E-state index contributed by atoms with van der Waals surface area (Å²) in [6.45, 7) is 6.53. The highest BCUT2D eigenvalue weighted by Crippen LogP contribution is 2.16. The molecule has 0 heterocycles. The lowest BCUT2D eigenvalue weighted by Gasteiger charge is -2.18. The Morgan fingerprint density at radius 1 is 0.282 bits per heavy atom. The minimum atomic E-state index is -0.814. The third-order valence-corrected chi connectivity index (χ3v) is 12.9. The van der Waals surface area contributed by atoms with Crippen LogP contribution in [0.4, 0.5) is 0 Å². The first-order chi connectivity index (χ1) is 35.0. The van der Waals surface area contributed by atoms with E-state index in [-0.39, 0.29) is 37.5 Å². The van der Waals surface area contributed by atoms with Crippen molar-refractivity contribution < 1.29 is 28.6 Å². The molecule has 0 saturated heterocycles. The van der Waals surface area contributed by atoms with Gasteiger partial charge in [-0.05, 0) is 96.3 Å². The number of esters is 3. The van der Waals surface area contributed by atoms with Gasteiger partial charge in [0.1, 0.15) is 13.2 Å². The van der Waals surface area contributed by atoms with Gasteiger partial charge < -0.3 is 14.2 Å². The van der Waals surface area contributed by atoms with E-state index in [0.29, 0.717) is 19.3 Å². The van der Waals surface area contributed by atoms with Crippen molar-refractivity contribution >= 4 is 17.9 Å². The molecule has 0 saturated carbocycles. The van der Waals surface area contributed by atoms with Gasteiger partial charge in [0.05, 0.1) is 0 Å². The molecule has 0 fully saturated rings. The molecule has 0 unspecified atom stereocenters. The Hall–Kier alpha value is -3.41. The molecule has 0 aromatic carbocycles. The summed E-state index contributed by atoms with van der Waals surface area (Å²) in [7, 11) is 0. The molecule has 0 spiro atoms. The van der Waals surface area contributed by atoms with Gasteiger partial charge in [-0.3, -0.25) is 14.4 Å². The van der Waals surface area contributed by atoms with E-state index in [4.69, 9.17) is 14.2 Å². The maximum atomic E-state index is 12.9. The van der Waals surface area contributed by atoms with E-state index >= 15 is 0 Å². The molecule has 0 amide bonds. The minimum absolute atomic E-state index is 0.112. The van der Waals surface area contributed by atoms with Crippen molar-refractivity contribution in [2.24, 2.45) is 0 Å². The topological polar surface area (TPSA) is 78.9 Å². The van der Waals surface area contributed by atoms with Crippen LogP contribution < -0.4 is 0 Å². The van der Waals surface area contributed by atoms with Crippen LogP contribution >= 0.6 is 0 Å². The fraction of sp³-hybridized carbons (Fsp3) is 0.738. The normalized spacial score (nSPS) is 12.7.